The molecule has 0 radical (unpaired) electrons. The fraction of sp³-hybridized carbons (Fsp3) is 0.300. The molecule has 0 aliphatic heterocycles. The molecule has 1 fully saturated rings. The summed E-state index contributed by atoms with van der Waals surface area (Å²) in [6.07, 6.45) is 2.03. The van der Waals surface area contributed by atoms with Gasteiger partial charge in [-0.25, -0.2) is 0 Å². The van der Waals surface area contributed by atoms with E-state index in [0.717, 1.165) is 18.5 Å². The quantitative estimate of drug-likeness (QED) is 0.681. The number of anilines is 2. The van der Waals surface area contributed by atoms with E-state index in [9.17, 15) is 9.59 Å². The number of carbonyl (C=O) groups excluding carboxylic acids is 2. The van der Waals surface area contributed by atoms with Gasteiger partial charge in [0.15, 0.2) is 0 Å². The van der Waals surface area contributed by atoms with E-state index in [1.54, 1.807) is 24.3 Å². The molecule has 0 saturated heterocycles. The van der Waals surface area contributed by atoms with Gasteiger partial charge in [0.05, 0.1) is 30.1 Å². The van der Waals surface area contributed by atoms with Gasteiger partial charge in [-0.1, -0.05) is 24.3 Å². The topological polar surface area (TPSA) is 79.5 Å². The van der Waals surface area contributed by atoms with Crippen LogP contribution in [0.2, 0.25) is 0 Å². The molecule has 0 aromatic heterocycles. The highest BCUT2D eigenvalue weighted by atomic mass is 16.5. The van der Waals surface area contributed by atoms with Crippen LogP contribution in [0.1, 0.15) is 30.1 Å². The highest BCUT2D eigenvalue weighted by Crippen LogP contribution is 2.24. The van der Waals surface area contributed by atoms with Crippen molar-refractivity contribution in [3.63, 3.8) is 0 Å². The Balaban J connectivity index is 1.61. The van der Waals surface area contributed by atoms with E-state index in [-0.39, 0.29) is 24.4 Å². The molecule has 1 saturated carbocycles. The molecule has 26 heavy (non-hydrogen) atoms. The standard InChI is InChI=1S/C20H23N3O3/c1-2-26-18-10-6-5-9-17(18)21-13-19(24)23-16-8-4-3-7-15(16)20(25)22-14-11-12-14/h3-10,14,21H,2,11-13H2,1H3,(H,22,25)(H,23,24). The second-order valence-corrected chi connectivity index (χ2v) is 6.12. The van der Waals surface area contributed by atoms with Gasteiger partial charge in [0.2, 0.25) is 5.91 Å². The van der Waals surface area contributed by atoms with Crippen LogP contribution in [0, 0.1) is 0 Å². The van der Waals surface area contributed by atoms with Crippen LogP contribution in [0.5, 0.6) is 5.75 Å². The molecule has 3 rings (SSSR count). The molecule has 2 amide bonds. The van der Waals surface area contributed by atoms with Gasteiger partial charge in [-0.05, 0) is 44.0 Å². The average Bonchev–Trinajstić information content (AvgIpc) is 3.45. The lowest BCUT2D eigenvalue weighted by Crippen LogP contribution is -2.28. The molecule has 1 aliphatic carbocycles. The van der Waals surface area contributed by atoms with Crippen LogP contribution in [-0.4, -0.2) is 31.0 Å². The van der Waals surface area contributed by atoms with Crippen molar-refractivity contribution in [2.45, 2.75) is 25.8 Å². The predicted octanol–water partition coefficient (Wildman–Crippen LogP) is 3.03. The summed E-state index contributed by atoms with van der Waals surface area (Å²) < 4.78 is 5.53. The molecule has 0 unspecified atom stereocenters. The third-order valence-corrected chi connectivity index (χ3v) is 3.98. The van der Waals surface area contributed by atoms with Crippen LogP contribution in [0.25, 0.3) is 0 Å². The first-order valence-electron chi connectivity index (χ1n) is 8.83. The Bertz CT molecular complexity index is 787. The smallest absolute Gasteiger partial charge is 0.253 e. The molecule has 0 bridgehead atoms. The number of benzene rings is 2. The Labute approximate surface area is 152 Å². The summed E-state index contributed by atoms with van der Waals surface area (Å²) in [5, 5.41) is 8.82. The van der Waals surface area contributed by atoms with E-state index >= 15 is 0 Å². The molecule has 6 nitrogen and oxygen atoms in total. The molecule has 0 spiro atoms. The molecule has 3 N–H and O–H groups in total. The van der Waals surface area contributed by atoms with Crippen molar-refractivity contribution < 1.29 is 14.3 Å². The zero-order valence-electron chi connectivity index (χ0n) is 14.7. The van der Waals surface area contributed by atoms with Crippen molar-refractivity contribution in [2.75, 3.05) is 23.8 Å². The predicted molar refractivity (Wildman–Crippen MR) is 102 cm³/mol. The molecular weight excluding hydrogens is 330 g/mol. The Morgan fingerprint density at radius 1 is 1.04 bits per heavy atom. The number of rotatable bonds is 8. The molecule has 0 atom stereocenters. The maximum Gasteiger partial charge on any atom is 0.253 e. The molecule has 2 aromatic carbocycles. The second kappa shape index (κ2) is 8.38. The van der Waals surface area contributed by atoms with Crippen molar-refractivity contribution in [3.8, 4) is 5.75 Å². The first kappa shape index (κ1) is 17.8. The summed E-state index contributed by atoms with van der Waals surface area (Å²) >= 11 is 0. The highest BCUT2D eigenvalue weighted by Gasteiger charge is 2.25. The van der Waals surface area contributed by atoms with Gasteiger partial charge >= 0.3 is 0 Å². The lowest BCUT2D eigenvalue weighted by Gasteiger charge is -2.14. The molecule has 1 aliphatic rings. The van der Waals surface area contributed by atoms with Gasteiger partial charge < -0.3 is 20.7 Å². The van der Waals surface area contributed by atoms with Crippen LogP contribution in [-0.2, 0) is 4.79 Å². The maximum atomic E-state index is 12.3. The number of carbonyl (C=O) groups is 2. The number of ether oxygens (including phenoxy) is 1. The van der Waals surface area contributed by atoms with Gasteiger partial charge in [-0.2, -0.15) is 0 Å². The number of amides is 2. The van der Waals surface area contributed by atoms with Crippen molar-refractivity contribution >= 4 is 23.2 Å². The van der Waals surface area contributed by atoms with Crippen LogP contribution < -0.4 is 20.7 Å². The molecule has 0 heterocycles. The Morgan fingerprint density at radius 2 is 1.73 bits per heavy atom. The van der Waals surface area contributed by atoms with E-state index < -0.39 is 0 Å². The number of nitrogens with one attached hydrogen (secondary N) is 3. The van der Waals surface area contributed by atoms with E-state index in [2.05, 4.69) is 16.0 Å². The molecule has 6 heteroatoms. The summed E-state index contributed by atoms with van der Waals surface area (Å²) in [5.41, 5.74) is 1.74. The zero-order valence-corrected chi connectivity index (χ0v) is 14.7. The lowest BCUT2D eigenvalue weighted by molar-refractivity contribution is -0.114. The van der Waals surface area contributed by atoms with Crippen LogP contribution in [0.3, 0.4) is 0 Å². The first-order chi connectivity index (χ1) is 12.7. The average molecular weight is 353 g/mol. The second-order valence-electron chi connectivity index (χ2n) is 6.12. The zero-order chi connectivity index (χ0) is 18.4. The molecular formula is C20H23N3O3. The van der Waals surface area contributed by atoms with Crippen molar-refractivity contribution in [1.82, 2.24) is 5.32 Å². The van der Waals surface area contributed by atoms with Crippen molar-refractivity contribution in [2.24, 2.45) is 0 Å². The number of hydrogen-bond donors (Lipinski definition) is 3. The van der Waals surface area contributed by atoms with Gasteiger partial charge in [0.25, 0.3) is 5.91 Å². The SMILES string of the molecule is CCOc1ccccc1NCC(=O)Nc1ccccc1C(=O)NC1CC1. The van der Waals surface area contributed by atoms with E-state index in [4.69, 9.17) is 4.74 Å². The number of hydrogen-bond acceptors (Lipinski definition) is 4. The monoisotopic (exact) mass is 353 g/mol. The Hall–Kier alpha value is -3.02. The fourth-order valence-electron chi connectivity index (χ4n) is 2.54. The van der Waals surface area contributed by atoms with Crippen molar-refractivity contribution in [1.29, 1.82) is 0 Å². The van der Waals surface area contributed by atoms with E-state index in [1.165, 1.54) is 0 Å². The lowest BCUT2D eigenvalue weighted by atomic mass is 10.1. The first-order valence-corrected chi connectivity index (χ1v) is 8.83. The van der Waals surface area contributed by atoms with Gasteiger partial charge in [0.1, 0.15) is 5.75 Å². The fourth-order valence-corrected chi connectivity index (χ4v) is 2.54. The molecule has 136 valence electrons. The summed E-state index contributed by atoms with van der Waals surface area (Å²) in [6, 6.07) is 14.7. The van der Waals surface area contributed by atoms with Gasteiger partial charge in [-0.3, -0.25) is 9.59 Å². The van der Waals surface area contributed by atoms with Gasteiger partial charge in [-0.15, -0.1) is 0 Å². The van der Waals surface area contributed by atoms with E-state index in [0.29, 0.717) is 23.6 Å². The highest BCUT2D eigenvalue weighted by molar-refractivity contribution is 6.04. The minimum Gasteiger partial charge on any atom is -0.492 e. The number of para-hydroxylation sites is 3. The minimum atomic E-state index is -0.233. The summed E-state index contributed by atoms with van der Waals surface area (Å²) in [4.78, 5) is 24.6. The summed E-state index contributed by atoms with van der Waals surface area (Å²) in [7, 11) is 0. The van der Waals surface area contributed by atoms with Crippen LogP contribution in [0.4, 0.5) is 11.4 Å². The Morgan fingerprint density at radius 3 is 2.46 bits per heavy atom. The van der Waals surface area contributed by atoms with Crippen molar-refractivity contribution in [3.05, 3.63) is 54.1 Å². The van der Waals surface area contributed by atoms with Crippen LogP contribution >= 0.6 is 0 Å². The largest absolute Gasteiger partial charge is 0.492 e. The summed E-state index contributed by atoms with van der Waals surface area (Å²) in [5.74, 6) is 0.313. The third-order valence-electron chi connectivity index (χ3n) is 3.98. The minimum absolute atomic E-state index is 0.0721. The van der Waals surface area contributed by atoms with Gasteiger partial charge in [0, 0.05) is 6.04 Å². The maximum absolute atomic E-state index is 12.3. The Kier molecular flexibility index (Phi) is 5.73. The molecule has 2 aromatic rings. The third kappa shape index (κ3) is 4.75. The van der Waals surface area contributed by atoms with E-state index in [1.807, 2.05) is 31.2 Å². The van der Waals surface area contributed by atoms with Crippen LogP contribution in [0.15, 0.2) is 48.5 Å². The normalized spacial score (nSPS) is 13.0. The summed E-state index contributed by atoms with van der Waals surface area (Å²) in [6.45, 7) is 2.53.